The van der Waals surface area contributed by atoms with Crippen LogP contribution < -0.4 is 16.2 Å². The zero-order valence-electron chi connectivity index (χ0n) is 16.5. The monoisotopic (exact) mass is 376 g/mol. The summed E-state index contributed by atoms with van der Waals surface area (Å²) in [6, 6.07) is 14.9. The highest BCUT2D eigenvalue weighted by molar-refractivity contribution is 5.91. The van der Waals surface area contributed by atoms with Gasteiger partial charge in [0.05, 0.1) is 0 Å². The number of aromatic nitrogens is 2. The van der Waals surface area contributed by atoms with Crippen LogP contribution in [-0.2, 0) is 11.3 Å². The summed E-state index contributed by atoms with van der Waals surface area (Å²) in [4.78, 5) is 29.5. The number of carbonyl (C=O) groups excluding carboxylic acids is 1. The number of nitrogens with one attached hydrogen (secondary N) is 2. The van der Waals surface area contributed by atoms with Gasteiger partial charge in [-0.15, -0.1) is 0 Å². The molecule has 1 aromatic heterocycles. The molecule has 6 nitrogen and oxygen atoms in total. The summed E-state index contributed by atoms with van der Waals surface area (Å²) in [6.07, 6.45) is 0. The van der Waals surface area contributed by atoms with E-state index < -0.39 is 0 Å². The fourth-order valence-corrected chi connectivity index (χ4v) is 2.86. The molecular formula is C22H24N4O2. The number of aryl methyl sites for hydroxylation is 4. The van der Waals surface area contributed by atoms with Gasteiger partial charge in [0, 0.05) is 23.1 Å². The highest BCUT2D eigenvalue weighted by Crippen LogP contribution is 2.18. The molecule has 2 N–H and O–H groups in total. The van der Waals surface area contributed by atoms with Gasteiger partial charge in [-0.1, -0.05) is 24.3 Å². The van der Waals surface area contributed by atoms with Crippen molar-refractivity contribution in [2.75, 3.05) is 10.6 Å². The van der Waals surface area contributed by atoms with Crippen molar-refractivity contribution in [2.24, 2.45) is 0 Å². The Morgan fingerprint density at radius 1 is 0.964 bits per heavy atom. The molecule has 2 aromatic carbocycles. The summed E-state index contributed by atoms with van der Waals surface area (Å²) in [5, 5.41) is 6.03. The maximum Gasteiger partial charge on any atom is 0.255 e. The van der Waals surface area contributed by atoms with Gasteiger partial charge in [-0.05, 0) is 62.6 Å². The van der Waals surface area contributed by atoms with E-state index in [0.717, 1.165) is 22.5 Å². The molecule has 6 heteroatoms. The van der Waals surface area contributed by atoms with Crippen LogP contribution in [0.3, 0.4) is 0 Å². The molecule has 0 aliphatic rings. The van der Waals surface area contributed by atoms with E-state index in [0.29, 0.717) is 11.6 Å². The van der Waals surface area contributed by atoms with Crippen LogP contribution in [0.15, 0.2) is 53.3 Å². The third kappa shape index (κ3) is 4.46. The van der Waals surface area contributed by atoms with Gasteiger partial charge < -0.3 is 10.6 Å². The number of hydrogen-bond acceptors (Lipinski definition) is 4. The summed E-state index contributed by atoms with van der Waals surface area (Å²) in [5.41, 5.74) is 5.11. The van der Waals surface area contributed by atoms with Crippen molar-refractivity contribution in [2.45, 2.75) is 34.2 Å². The first-order valence-corrected chi connectivity index (χ1v) is 9.12. The SMILES string of the molecule is Cc1cc(=O)n(CC(=O)Nc2ccccc2C)c(Nc2ccc(C)c(C)c2)n1. The molecule has 0 bridgehead atoms. The van der Waals surface area contributed by atoms with Crippen molar-refractivity contribution in [3.05, 3.63) is 81.3 Å². The summed E-state index contributed by atoms with van der Waals surface area (Å²) in [7, 11) is 0. The van der Waals surface area contributed by atoms with Crippen LogP contribution in [0.1, 0.15) is 22.4 Å². The highest BCUT2D eigenvalue weighted by atomic mass is 16.2. The number of hydrogen-bond donors (Lipinski definition) is 2. The first kappa shape index (κ1) is 19.4. The van der Waals surface area contributed by atoms with Gasteiger partial charge in [-0.25, -0.2) is 4.98 Å². The van der Waals surface area contributed by atoms with E-state index in [2.05, 4.69) is 15.6 Å². The molecule has 0 aliphatic heterocycles. The van der Waals surface area contributed by atoms with Gasteiger partial charge in [0.1, 0.15) is 6.54 Å². The Labute approximate surface area is 164 Å². The van der Waals surface area contributed by atoms with Crippen LogP contribution in [0.2, 0.25) is 0 Å². The smallest absolute Gasteiger partial charge is 0.255 e. The Bertz CT molecular complexity index is 1090. The Balaban J connectivity index is 1.88. The molecule has 3 aromatic rings. The second-order valence-corrected chi connectivity index (χ2v) is 6.93. The Morgan fingerprint density at radius 2 is 1.71 bits per heavy atom. The minimum atomic E-state index is -0.287. The number of carbonyl (C=O) groups is 1. The topological polar surface area (TPSA) is 76.0 Å². The molecule has 0 aliphatic carbocycles. The maximum absolute atomic E-state index is 12.5. The Morgan fingerprint density at radius 3 is 2.43 bits per heavy atom. The first-order chi connectivity index (χ1) is 13.3. The lowest BCUT2D eigenvalue weighted by molar-refractivity contribution is -0.116. The van der Waals surface area contributed by atoms with Crippen LogP contribution in [-0.4, -0.2) is 15.5 Å². The summed E-state index contributed by atoms with van der Waals surface area (Å²) >= 11 is 0. The second kappa shape index (κ2) is 8.08. The van der Waals surface area contributed by atoms with Crippen molar-refractivity contribution in [1.82, 2.24) is 9.55 Å². The van der Waals surface area contributed by atoms with Crippen molar-refractivity contribution in [3.63, 3.8) is 0 Å². The molecule has 3 rings (SSSR count). The van der Waals surface area contributed by atoms with E-state index >= 15 is 0 Å². The lowest BCUT2D eigenvalue weighted by Crippen LogP contribution is -2.30. The highest BCUT2D eigenvalue weighted by Gasteiger charge is 2.13. The number of anilines is 3. The van der Waals surface area contributed by atoms with E-state index in [1.165, 1.54) is 16.2 Å². The van der Waals surface area contributed by atoms with Gasteiger partial charge in [-0.3, -0.25) is 14.2 Å². The predicted molar refractivity (Wildman–Crippen MR) is 112 cm³/mol. The lowest BCUT2D eigenvalue weighted by Gasteiger charge is -2.15. The van der Waals surface area contributed by atoms with Crippen LogP contribution in [0.25, 0.3) is 0 Å². The number of rotatable bonds is 5. The minimum absolute atomic E-state index is 0.131. The van der Waals surface area contributed by atoms with Gasteiger partial charge >= 0.3 is 0 Å². The fourth-order valence-electron chi connectivity index (χ4n) is 2.86. The fraction of sp³-hybridized carbons (Fsp3) is 0.227. The molecule has 1 amide bonds. The predicted octanol–water partition coefficient (Wildman–Crippen LogP) is 3.86. The van der Waals surface area contributed by atoms with E-state index in [-0.39, 0.29) is 18.0 Å². The third-order valence-electron chi connectivity index (χ3n) is 4.62. The average molecular weight is 376 g/mol. The molecule has 0 saturated carbocycles. The van der Waals surface area contributed by atoms with E-state index in [4.69, 9.17) is 0 Å². The summed E-state index contributed by atoms with van der Waals surface area (Å²) in [6.45, 7) is 7.60. The number of nitrogens with zero attached hydrogens (tertiary/aromatic N) is 2. The summed E-state index contributed by atoms with van der Waals surface area (Å²) < 4.78 is 1.34. The van der Waals surface area contributed by atoms with Crippen LogP contribution in [0, 0.1) is 27.7 Å². The zero-order valence-corrected chi connectivity index (χ0v) is 16.5. The lowest BCUT2D eigenvalue weighted by atomic mass is 10.1. The van der Waals surface area contributed by atoms with Crippen LogP contribution in [0.5, 0.6) is 0 Å². The molecular weight excluding hydrogens is 352 g/mol. The first-order valence-electron chi connectivity index (χ1n) is 9.12. The van der Waals surface area contributed by atoms with Crippen LogP contribution in [0.4, 0.5) is 17.3 Å². The minimum Gasteiger partial charge on any atom is -0.326 e. The third-order valence-corrected chi connectivity index (χ3v) is 4.62. The van der Waals surface area contributed by atoms with Gasteiger partial charge in [0.15, 0.2) is 0 Å². The molecule has 28 heavy (non-hydrogen) atoms. The molecule has 0 radical (unpaired) electrons. The second-order valence-electron chi connectivity index (χ2n) is 6.93. The van der Waals surface area contributed by atoms with E-state index in [1.54, 1.807) is 6.92 Å². The normalized spacial score (nSPS) is 10.6. The molecule has 144 valence electrons. The number of amides is 1. The Hall–Kier alpha value is -3.41. The Kier molecular flexibility index (Phi) is 5.59. The summed E-state index contributed by atoms with van der Waals surface area (Å²) in [5.74, 6) is 0.0541. The van der Waals surface area contributed by atoms with Gasteiger partial charge in [-0.2, -0.15) is 0 Å². The van der Waals surface area contributed by atoms with Crippen molar-refractivity contribution >= 4 is 23.2 Å². The quantitative estimate of drug-likeness (QED) is 0.709. The van der Waals surface area contributed by atoms with Crippen molar-refractivity contribution in [1.29, 1.82) is 0 Å². The van der Waals surface area contributed by atoms with Gasteiger partial charge in [0.2, 0.25) is 11.9 Å². The largest absolute Gasteiger partial charge is 0.326 e. The maximum atomic E-state index is 12.5. The molecule has 0 atom stereocenters. The molecule has 0 fully saturated rings. The number of para-hydroxylation sites is 1. The molecule has 0 saturated heterocycles. The van der Waals surface area contributed by atoms with Gasteiger partial charge in [0.25, 0.3) is 5.56 Å². The molecule has 0 spiro atoms. The number of benzene rings is 2. The van der Waals surface area contributed by atoms with Crippen LogP contribution >= 0.6 is 0 Å². The standard InChI is InChI=1S/C22H24N4O2/c1-14-9-10-18(11-16(14)3)24-22-23-17(4)12-21(28)26(22)13-20(27)25-19-8-6-5-7-15(19)2/h5-12H,13H2,1-4H3,(H,23,24)(H,25,27). The average Bonchev–Trinajstić information content (AvgIpc) is 2.63. The zero-order chi connectivity index (χ0) is 20.3. The van der Waals surface area contributed by atoms with Crippen molar-refractivity contribution < 1.29 is 4.79 Å². The molecule has 0 unspecified atom stereocenters. The van der Waals surface area contributed by atoms with E-state index in [1.807, 2.05) is 63.2 Å². The van der Waals surface area contributed by atoms with E-state index in [9.17, 15) is 9.59 Å². The van der Waals surface area contributed by atoms with Crippen molar-refractivity contribution in [3.8, 4) is 0 Å². The molecule has 1 heterocycles.